The van der Waals surface area contributed by atoms with Crippen molar-refractivity contribution in [3.8, 4) is 0 Å². The van der Waals surface area contributed by atoms with Crippen LogP contribution in [-0.4, -0.2) is 29.1 Å². The topological polar surface area (TPSA) is 53.4 Å². The highest BCUT2D eigenvalue weighted by molar-refractivity contribution is 5.91. The van der Waals surface area contributed by atoms with E-state index in [0.29, 0.717) is 6.54 Å². The number of nitrogens with zero attached hydrogens (tertiary/aromatic N) is 2. The number of carboxylic acid groups (broad SMARTS) is 1. The molecule has 4 nitrogen and oxygen atoms in total. The molecule has 2 aromatic rings. The SMILES string of the molecule is CC1CN(c2ccnc3ccccc23)CC1C(=O)O. The van der Waals surface area contributed by atoms with Crippen molar-refractivity contribution in [1.82, 2.24) is 4.98 Å². The summed E-state index contributed by atoms with van der Waals surface area (Å²) in [6, 6.07) is 9.94. The summed E-state index contributed by atoms with van der Waals surface area (Å²) in [6.07, 6.45) is 1.79. The first-order valence-corrected chi connectivity index (χ1v) is 6.48. The first-order chi connectivity index (χ1) is 9.16. The lowest BCUT2D eigenvalue weighted by Crippen LogP contribution is -2.23. The fraction of sp³-hybridized carbons (Fsp3) is 0.333. The van der Waals surface area contributed by atoms with Gasteiger partial charge in [-0.25, -0.2) is 0 Å². The standard InChI is InChI=1S/C15H16N2O2/c1-10-8-17(9-12(10)15(18)19)14-6-7-16-13-5-3-2-4-11(13)14/h2-7,10,12H,8-9H2,1H3,(H,18,19). The fourth-order valence-electron chi connectivity index (χ4n) is 2.84. The van der Waals surface area contributed by atoms with Crippen LogP contribution in [0.2, 0.25) is 0 Å². The Balaban J connectivity index is 2.00. The van der Waals surface area contributed by atoms with Gasteiger partial charge < -0.3 is 10.0 Å². The number of carbonyl (C=O) groups is 1. The Hall–Kier alpha value is -2.10. The molecular formula is C15H16N2O2. The van der Waals surface area contributed by atoms with Crippen LogP contribution in [0.25, 0.3) is 10.9 Å². The zero-order valence-corrected chi connectivity index (χ0v) is 10.8. The van der Waals surface area contributed by atoms with E-state index < -0.39 is 5.97 Å². The first-order valence-electron chi connectivity index (χ1n) is 6.48. The van der Waals surface area contributed by atoms with Gasteiger partial charge in [0.15, 0.2) is 0 Å². The van der Waals surface area contributed by atoms with Gasteiger partial charge in [-0.2, -0.15) is 0 Å². The average molecular weight is 256 g/mol. The van der Waals surface area contributed by atoms with E-state index in [9.17, 15) is 9.90 Å². The number of hydrogen-bond donors (Lipinski definition) is 1. The number of fused-ring (bicyclic) bond motifs is 1. The van der Waals surface area contributed by atoms with E-state index in [1.54, 1.807) is 6.20 Å². The van der Waals surface area contributed by atoms with Crippen LogP contribution in [0.1, 0.15) is 6.92 Å². The van der Waals surface area contributed by atoms with E-state index in [1.165, 1.54) is 0 Å². The number of aliphatic carboxylic acids is 1. The monoisotopic (exact) mass is 256 g/mol. The summed E-state index contributed by atoms with van der Waals surface area (Å²) in [5.41, 5.74) is 2.03. The van der Waals surface area contributed by atoms with Crippen molar-refractivity contribution >= 4 is 22.6 Å². The summed E-state index contributed by atoms with van der Waals surface area (Å²) in [5.74, 6) is -0.815. The number of hydrogen-bond acceptors (Lipinski definition) is 3. The summed E-state index contributed by atoms with van der Waals surface area (Å²) < 4.78 is 0. The summed E-state index contributed by atoms with van der Waals surface area (Å²) in [5, 5.41) is 10.3. The van der Waals surface area contributed by atoms with Crippen molar-refractivity contribution in [2.45, 2.75) is 6.92 Å². The molecule has 2 atom stereocenters. The number of aromatic nitrogens is 1. The lowest BCUT2D eigenvalue weighted by Gasteiger charge is -2.20. The van der Waals surface area contributed by atoms with E-state index in [-0.39, 0.29) is 11.8 Å². The number of benzene rings is 1. The van der Waals surface area contributed by atoms with E-state index in [1.807, 2.05) is 37.3 Å². The smallest absolute Gasteiger partial charge is 0.308 e. The van der Waals surface area contributed by atoms with E-state index >= 15 is 0 Å². The maximum absolute atomic E-state index is 11.2. The number of carboxylic acids is 1. The zero-order chi connectivity index (χ0) is 13.4. The lowest BCUT2D eigenvalue weighted by molar-refractivity contribution is -0.142. The molecule has 0 saturated carbocycles. The minimum absolute atomic E-state index is 0.171. The molecule has 0 amide bonds. The Morgan fingerprint density at radius 2 is 2.11 bits per heavy atom. The molecule has 1 N–H and O–H groups in total. The van der Waals surface area contributed by atoms with Crippen molar-refractivity contribution in [1.29, 1.82) is 0 Å². The van der Waals surface area contributed by atoms with Crippen LogP contribution >= 0.6 is 0 Å². The first kappa shape index (κ1) is 12.0. The van der Waals surface area contributed by atoms with Crippen LogP contribution in [0, 0.1) is 11.8 Å². The summed E-state index contributed by atoms with van der Waals surface area (Å²) in [4.78, 5) is 17.7. The molecule has 3 rings (SSSR count). The number of anilines is 1. The summed E-state index contributed by atoms with van der Waals surface area (Å²) >= 11 is 0. The molecule has 98 valence electrons. The number of para-hydroxylation sites is 1. The molecule has 4 heteroatoms. The van der Waals surface area contributed by atoms with Gasteiger partial charge in [0.25, 0.3) is 0 Å². The van der Waals surface area contributed by atoms with Gasteiger partial charge in [0.05, 0.1) is 11.4 Å². The molecule has 0 bridgehead atoms. The van der Waals surface area contributed by atoms with Gasteiger partial charge in [0.1, 0.15) is 0 Å². The van der Waals surface area contributed by atoms with Gasteiger partial charge in [-0.1, -0.05) is 25.1 Å². The second-order valence-corrected chi connectivity index (χ2v) is 5.17. The summed E-state index contributed by atoms with van der Waals surface area (Å²) in [7, 11) is 0. The average Bonchev–Trinajstić information content (AvgIpc) is 2.80. The predicted octanol–water partition coefficient (Wildman–Crippen LogP) is 2.39. The molecule has 2 heterocycles. The highest BCUT2D eigenvalue weighted by Crippen LogP contribution is 2.32. The molecule has 1 fully saturated rings. The van der Waals surface area contributed by atoms with E-state index in [2.05, 4.69) is 9.88 Å². The Morgan fingerprint density at radius 3 is 2.84 bits per heavy atom. The molecule has 1 aromatic heterocycles. The van der Waals surface area contributed by atoms with E-state index in [4.69, 9.17) is 0 Å². The normalized spacial score (nSPS) is 22.9. The molecule has 1 saturated heterocycles. The third-order valence-corrected chi connectivity index (χ3v) is 3.90. The second kappa shape index (κ2) is 4.53. The van der Waals surface area contributed by atoms with Crippen molar-refractivity contribution in [3.05, 3.63) is 36.5 Å². The van der Waals surface area contributed by atoms with Gasteiger partial charge in [0, 0.05) is 30.4 Å². The van der Waals surface area contributed by atoms with Gasteiger partial charge in [-0.15, -0.1) is 0 Å². The van der Waals surface area contributed by atoms with E-state index in [0.717, 1.165) is 23.1 Å². The molecule has 19 heavy (non-hydrogen) atoms. The minimum atomic E-state index is -0.701. The zero-order valence-electron chi connectivity index (χ0n) is 10.8. The predicted molar refractivity (Wildman–Crippen MR) is 74.2 cm³/mol. The molecule has 1 aliphatic heterocycles. The number of rotatable bonds is 2. The van der Waals surface area contributed by atoms with Crippen LogP contribution in [0.3, 0.4) is 0 Å². The molecule has 2 unspecified atom stereocenters. The lowest BCUT2D eigenvalue weighted by atomic mass is 9.99. The van der Waals surface area contributed by atoms with Crippen LogP contribution in [0.5, 0.6) is 0 Å². The van der Waals surface area contributed by atoms with Crippen LogP contribution in [-0.2, 0) is 4.79 Å². The third-order valence-electron chi connectivity index (χ3n) is 3.90. The van der Waals surface area contributed by atoms with Crippen LogP contribution in [0.15, 0.2) is 36.5 Å². The maximum atomic E-state index is 11.2. The van der Waals surface area contributed by atoms with Crippen molar-refractivity contribution in [2.75, 3.05) is 18.0 Å². The Labute approximate surface area is 111 Å². The van der Waals surface area contributed by atoms with Gasteiger partial charge in [0.2, 0.25) is 0 Å². The van der Waals surface area contributed by atoms with Crippen molar-refractivity contribution in [2.24, 2.45) is 11.8 Å². The molecule has 0 radical (unpaired) electrons. The van der Waals surface area contributed by atoms with Gasteiger partial charge in [-0.05, 0) is 18.1 Å². The second-order valence-electron chi connectivity index (χ2n) is 5.17. The molecule has 1 aromatic carbocycles. The Kier molecular flexibility index (Phi) is 2.85. The summed E-state index contributed by atoms with van der Waals surface area (Å²) in [6.45, 7) is 3.36. The van der Waals surface area contributed by atoms with Gasteiger partial charge >= 0.3 is 5.97 Å². The molecule has 0 aliphatic carbocycles. The highest BCUT2D eigenvalue weighted by Gasteiger charge is 2.35. The maximum Gasteiger partial charge on any atom is 0.308 e. The van der Waals surface area contributed by atoms with Crippen molar-refractivity contribution in [3.63, 3.8) is 0 Å². The van der Waals surface area contributed by atoms with Crippen LogP contribution in [0.4, 0.5) is 5.69 Å². The number of pyridine rings is 1. The third kappa shape index (κ3) is 2.03. The van der Waals surface area contributed by atoms with Crippen LogP contribution < -0.4 is 4.90 Å². The highest BCUT2D eigenvalue weighted by atomic mass is 16.4. The Bertz CT molecular complexity index is 621. The Morgan fingerprint density at radius 1 is 1.32 bits per heavy atom. The molecular weight excluding hydrogens is 240 g/mol. The quantitative estimate of drug-likeness (QED) is 0.896. The molecule has 0 spiro atoms. The fourth-order valence-corrected chi connectivity index (χ4v) is 2.84. The van der Waals surface area contributed by atoms with Gasteiger partial charge in [-0.3, -0.25) is 9.78 Å². The minimum Gasteiger partial charge on any atom is -0.481 e. The largest absolute Gasteiger partial charge is 0.481 e. The van der Waals surface area contributed by atoms with Crippen molar-refractivity contribution < 1.29 is 9.90 Å². The molecule has 1 aliphatic rings.